The molecule has 1 aliphatic heterocycles. The molecular weight excluding hydrogens is 410 g/mol. The highest BCUT2D eigenvalue weighted by Crippen LogP contribution is 2.23. The lowest BCUT2D eigenvalue weighted by Gasteiger charge is -2.37. The molecule has 7 nitrogen and oxygen atoms in total. The van der Waals surface area contributed by atoms with Crippen LogP contribution in [0.1, 0.15) is 71.3 Å². The molecule has 1 fully saturated rings. The molecule has 1 aliphatic rings. The SMILES string of the molecule is CC(C)(C)OC(=O)CCCCCCOCC1(O)CCN(C(=O)OCc2ccccc2)CC1. The molecule has 1 heterocycles. The number of carbonyl (C=O) groups is 2. The van der Waals surface area contributed by atoms with E-state index in [1.807, 2.05) is 51.1 Å². The molecule has 0 bridgehead atoms. The number of nitrogens with zero attached hydrogens (tertiary/aromatic N) is 1. The van der Waals surface area contributed by atoms with Crippen molar-refractivity contribution in [1.82, 2.24) is 4.90 Å². The number of hydrogen-bond donors (Lipinski definition) is 1. The van der Waals surface area contributed by atoms with Crippen LogP contribution in [0.3, 0.4) is 0 Å². The van der Waals surface area contributed by atoms with Gasteiger partial charge in [0, 0.05) is 26.1 Å². The minimum atomic E-state index is -0.896. The summed E-state index contributed by atoms with van der Waals surface area (Å²) in [6, 6.07) is 9.58. The maximum atomic E-state index is 12.2. The lowest BCUT2D eigenvalue weighted by molar-refractivity contribution is -0.154. The van der Waals surface area contributed by atoms with Crippen LogP contribution in [0.15, 0.2) is 30.3 Å². The Morgan fingerprint density at radius 3 is 2.34 bits per heavy atom. The molecule has 0 radical (unpaired) electrons. The van der Waals surface area contributed by atoms with Crippen molar-refractivity contribution in [2.24, 2.45) is 0 Å². The molecule has 1 aromatic carbocycles. The van der Waals surface area contributed by atoms with E-state index in [0.29, 0.717) is 39.0 Å². The molecule has 1 amide bonds. The summed E-state index contributed by atoms with van der Waals surface area (Å²) >= 11 is 0. The Morgan fingerprint density at radius 2 is 1.69 bits per heavy atom. The highest BCUT2D eigenvalue weighted by molar-refractivity contribution is 5.69. The summed E-state index contributed by atoms with van der Waals surface area (Å²) in [5.74, 6) is -0.147. The van der Waals surface area contributed by atoms with Crippen molar-refractivity contribution < 1.29 is 28.9 Å². The molecule has 0 spiro atoms. The van der Waals surface area contributed by atoms with Gasteiger partial charge in [-0.3, -0.25) is 4.79 Å². The van der Waals surface area contributed by atoms with Gasteiger partial charge in [0.05, 0.1) is 12.2 Å². The van der Waals surface area contributed by atoms with Crippen LogP contribution in [0.4, 0.5) is 4.79 Å². The summed E-state index contributed by atoms with van der Waals surface area (Å²) in [6.07, 6.45) is 4.68. The number of piperidine rings is 1. The van der Waals surface area contributed by atoms with Crippen LogP contribution in [0.25, 0.3) is 0 Å². The summed E-state index contributed by atoms with van der Waals surface area (Å²) in [6.45, 7) is 7.64. The largest absolute Gasteiger partial charge is 0.460 e. The number of unbranched alkanes of at least 4 members (excludes halogenated alkanes) is 3. The van der Waals surface area contributed by atoms with Crippen molar-refractivity contribution in [1.29, 1.82) is 0 Å². The average molecular weight is 450 g/mol. The Balaban J connectivity index is 1.51. The van der Waals surface area contributed by atoms with Crippen molar-refractivity contribution in [2.75, 3.05) is 26.3 Å². The van der Waals surface area contributed by atoms with Crippen molar-refractivity contribution in [3.05, 3.63) is 35.9 Å². The highest BCUT2D eigenvalue weighted by Gasteiger charge is 2.34. The van der Waals surface area contributed by atoms with Gasteiger partial charge < -0.3 is 24.2 Å². The van der Waals surface area contributed by atoms with Crippen LogP contribution < -0.4 is 0 Å². The lowest BCUT2D eigenvalue weighted by atomic mass is 9.92. The third-order valence-corrected chi connectivity index (χ3v) is 5.37. The summed E-state index contributed by atoms with van der Waals surface area (Å²) in [5, 5.41) is 10.7. The van der Waals surface area contributed by atoms with Gasteiger partial charge in [-0.05, 0) is 52.0 Å². The molecule has 0 aliphatic carbocycles. The molecule has 0 saturated carbocycles. The van der Waals surface area contributed by atoms with E-state index < -0.39 is 11.2 Å². The normalized spacial score (nSPS) is 15.9. The van der Waals surface area contributed by atoms with E-state index in [4.69, 9.17) is 14.2 Å². The van der Waals surface area contributed by atoms with Gasteiger partial charge in [-0.2, -0.15) is 0 Å². The monoisotopic (exact) mass is 449 g/mol. The van der Waals surface area contributed by atoms with Gasteiger partial charge in [0.1, 0.15) is 12.2 Å². The van der Waals surface area contributed by atoms with Gasteiger partial charge in [0.15, 0.2) is 0 Å². The molecule has 1 N–H and O–H groups in total. The van der Waals surface area contributed by atoms with E-state index in [2.05, 4.69) is 0 Å². The second-order valence-corrected chi connectivity index (χ2v) is 9.55. The molecule has 7 heteroatoms. The van der Waals surface area contributed by atoms with Crippen LogP contribution in [0.5, 0.6) is 0 Å². The maximum absolute atomic E-state index is 12.2. The van der Waals surface area contributed by atoms with Crippen LogP contribution >= 0.6 is 0 Å². The zero-order valence-electron chi connectivity index (χ0n) is 19.8. The standard InChI is InChI=1S/C25H39NO6/c1-24(2,3)32-22(27)13-9-4-5-10-18-30-20-25(29)14-16-26(17-15-25)23(28)31-19-21-11-7-6-8-12-21/h6-8,11-12,29H,4-5,9-10,13-20H2,1-3H3. The minimum Gasteiger partial charge on any atom is -0.460 e. The average Bonchev–Trinajstić information content (AvgIpc) is 2.74. The first-order valence-electron chi connectivity index (χ1n) is 11.6. The number of hydrogen-bond acceptors (Lipinski definition) is 6. The Bertz CT molecular complexity index is 692. The third-order valence-electron chi connectivity index (χ3n) is 5.37. The number of ether oxygens (including phenoxy) is 3. The molecule has 0 aromatic heterocycles. The zero-order valence-corrected chi connectivity index (χ0v) is 19.8. The van der Waals surface area contributed by atoms with E-state index in [-0.39, 0.29) is 25.3 Å². The van der Waals surface area contributed by atoms with Crippen LogP contribution in [0, 0.1) is 0 Å². The number of benzene rings is 1. The first kappa shape index (κ1) is 26.1. The predicted molar refractivity (Wildman–Crippen MR) is 122 cm³/mol. The fourth-order valence-corrected chi connectivity index (χ4v) is 3.54. The van der Waals surface area contributed by atoms with Gasteiger partial charge in [-0.1, -0.05) is 43.2 Å². The van der Waals surface area contributed by atoms with Gasteiger partial charge in [-0.25, -0.2) is 4.79 Å². The second kappa shape index (κ2) is 12.8. The van der Waals surface area contributed by atoms with Gasteiger partial charge >= 0.3 is 12.1 Å². The number of esters is 1. The molecule has 0 atom stereocenters. The quantitative estimate of drug-likeness (QED) is 0.397. The van der Waals surface area contributed by atoms with Crippen molar-refractivity contribution in [3.63, 3.8) is 0 Å². The topological polar surface area (TPSA) is 85.3 Å². The van der Waals surface area contributed by atoms with E-state index in [1.165, 1.54) is 0 Å². The lowest BCUT2D eigenvalue weighted by Crippen LogP contribution is -2.49. The number of aliphatic hydroxyl groups is 1. The fraction of sp³-hybridized carbons (Fsp3) is 0.680. The van der Waals surface area contributed by atoms with Gasteiger partial charge in [-0.15, -0.1) is 0 Å². The highest BCUT2D eigenvalue weighted by atomic mass is 16.6. The van der Waals surface area contributed by atoms with E-state index in [0.717, 1.165) is 31.2 Å². The second-order valence-electron chi connectivity index (χ2n) is 9.55. The van der Waals surface area contributed by atoms with Crippen molar-refractivity contribution >= 4 is 12.1 Å². The zero-order chi connectivity index (χ0) is 23.5. The Kier molecular flexibility index (Phi) is 10.5. The predicted octanol–water partition coefficient (Wildman–Crippen LogP) is 4.46. The van der Waals surface area contributed by atoms with Crippen molar-refractivity contribution in [2.45, 2.75) is 83.5 Å². The van der Waals surface area contributed by atoms with Gasteiger partial charge in [0.25, 0.3) is 0 Å². The van der Waals surface area contributed by atoms with E-state index in [9.17, 15) is 14.7 Å². The first-order valence-corrected chi connectivity index (χ1v) is 11.6. The first-order chi connectivity index (χ1) is 15.2. The smallest absolute Gasteiger partial charge is 0.410 e. The molecule has 2 rings (SSSR count). The van der Waals surface area contributed by atoms with Gasteiger partial charge in [0.2, 0.25) is 0 Å². The molecule has 0 unspecified atom stereocenters. The van der Waals surface area contributed by atoms with Crippen molar-refractivity contribution in [3.8, 4) is 0 Å². The van der Waals surface area contributed by atoms with Crippen LogP contribution in [-0.4, -0.2) is 59.6 Å². The fourth-order valence-electron chi connectivity index (χ4n) is 3.54. The molecule has 1 saturated heterocycles. The number of amides is 1. The number of rotatable bonds is 11. The van der Waals surface area contributed by atoms with E-state index in [1.54, 1.807) is 4.90 Å². The minimum absolute atomic E-state index is 0.147. The Labute approximate surface area is 192 Å². The third kappa shape index (κ3) is 10.5. The molecule has 32 heavy (non-hydrogen) atoms. The molecule has 1 aromatic rings. The summed E-state index contributed by atoms with van der Waals surface area (Å²) in [7, 11) is 0. The maximum Gasteiger partial charge on any atom is 0.410 e. The molecular formula is C25H39NO6. The summed E-state index contributed by atoms with van der Waals surface area (Å²) < 4.78 is 16.4. The summed E-state index contributed by atoms with van der Waals surface area (Å²) in [5.41, 5.74) is -0.371. The number of likely N-dealkylation sites (tertiary alicyclic amines) is 1. The van der Waals surface area contributed by atoms with Crippen LogP contribution in [-0.2, 0) is 25.6 Å². The Hall–Kier alpha value is -2.12. The van der Waals surface area contributed by atoms with Crippen LogP contribution in [0.2, 0.25) is 0 Å². The van der Waals surface area contributed by atoms with E-state index >= 15 is 0 Å². The number of carbonyl (C=O) groups excluding carboxylic acids is 2. The Morgan fingerprint density at radius 1 is 1.03 bits per heavy atom. The summed E-state index contributed by atoms with van der Waals surface area (Å²) in [4.78, 5) is 25.5. The molecule has 180 valence electrons.